The molecule has 21 heavy (non-hydrogen) atoms. The molecule has 2 N–H and O–H groups in total. The van der Waals surface area contributed by atoms with E-state index in [2.05, 4.69) is 5.10 Å². The molecule has 3 rings (SSSR count). The van der Waals surface area contributed by atoms with Gasteiger partial charge in [-0.1, -0.05) is 36.4 Å². The summed E-state index contributed by atoms with van der Waals surface area (Å²) in [5.74, 6) is -0.275. The van der Waals surface area contributed by atoms with Gasteiger partial charge >= 0.3 is 0 Å². The molecule has 0 saturated heterocycles. The Bertz CT molecular complexity index is 790. The average molecular weight is 283 g/mol. The zero-order chi connectivity index (χ0) is 15.0. The van der Waals surface area contributed by atoms with E-state index in [9.17, 15) is 4.39 Å². The number of aryl methyl sites for hydroxylation is 1. The molecule has 0 radical (unpaired) electrons. The summed E-state index contributed by atoms with van der Waals surface area (Å²) >= 11 is 0. The van der Waals surface area contributed by atoms with Crippen molar-refractivity contribution in [1.29, 1.82) is 0 Å². The van der Waals surface area contributed by atoms with Crippen LogP contribution in [0.3, 0.4) is 0 Å². The molecule has 3 nitrogen and oxygen atoms in total. The Balaban J connectivity index is 2.04. The third-order valence-electron chi connectivity index (χ3n) is 3.86. The van der Waals surface area contributed by atoms with Gasteiger partial charge in [0.05, 0.1) is 11.2 Å². The Labute approximate surface area is 123 Å². The second-order valence-corrected chi connectivity index (χ2v) is 5.66. The summed E-state index contributed by atoms with van der Waals surface area (Å²) < 4.78 is 15.8. The molecule has 0 aliphatic heterocycles. The van der Waals surface area contributed by atoms with Gasteiger partial charge in [-0.2, -0.15) is 5.10 Å². The highest BCUT2D eigenvalue weighted by molar-refractivity contribution is 5.82. The number of hydrogen-bond donors (Lipinski definition) is 1. The van der Waals surface area contributed by atoms with E-state index in [4.69, 9.17) is 5.73 Å². The van der Waals surface area contributed by atoms with Crippen LogP contribution in [0.1, 0.15) is 18.2 Å². The number of halogens is 1. The number of fused-ring (bicyclic) bond motifs is 1. The summed E-state index contributed by atoms with van der Waals surface area (Å²) in [4.78, 5) is 0. The molecule has 108 valence electrons. The third kappa shape index (κ3) is 2.43. The summed E-state index contributed by atoms with van der Waals surface area (Å²) in [6, 6.07) is 14.7. The van der Waals surface area contributed by atoms with Crippen LogP contribution in [0.5, 0.6) is 0 Å². The molecule has 0 bridgehead atoms. The van der Waals surface area contributed by atoms with Gasteiger partial charge in [0.2, 0.25) is 0 Å². The SMILES string of the molecule is Cn1nc(CC(C)(N)c2ccccc2F)c2ccccc21. The summed E-state index contributed by atoms with van der Waals surface area (Å²) in [7, 11) is 1.91. The second kappa shape index (κ2) is 4.97. The zero-order valence-corrected chi connectivity index (χ0v) is 12.2. The van der Waals surface area contributed by atoms with Gasteiger partial charge in [-0.05, 0) is 19.1 Å². The molecular formula is C17H18FN3. The van der Waals surface area contributed by atoms with E-state index in [1.165, 1.54) is 6.07 Å². The van der Waals surface area contributed by atoms with Gasteiger partial charge in [0.1, 0.15) is 5.82 Å². The minimum absolute atomic E-state index is 0.275. The molecule has 0 spiro atoms. The smallest absolute Gasteiger partial charge is 0.128 e. The van der Waals surface area contributed by atoms with Crippen molar-refractivity contribution in [3.05, 3.63) is 65.6 Å². The van der Waals surface area contributed by atoms with Gasteiger partial charge in [0.25, 0.3) is 0 Å². The minimum Gasteiger partial charge on any atom is -0.321 e. The topological polar surface area (TPSA) is 43.8 Å². The van der Waals surface area contributed by atoms with Crippen molar-refractivity contribution in [1.82, 2.24) is 9.78 Å². The van der Waals surface area contributed by atoms with Crippen molar-refractivity contribution >= 4 is 10.9 Å². The first-order valence-electron chi connectivity index (χ1n) is 6.93. The van der Waals surface area contributed by atoms with Gasteiger partial charge in [0, 0.05) is 30.0 Å². The first-order chi connectivity index (χ1) is 9.99. The van der Waals surface area contributed by atoms with E-state index in [0.29, 0.717) is 12.0 Å². The minimum atomic E-state index is -0.803. The maximum atomic E-state index is 14.0. The molecule has 4 heteroatoms. The highest BCUT2D eigenvalue weighted by atomic mass is 19.1. The summed E-state index contributed by atoms with van der Waals surface area (Å²) in [6.45, 7) is 1.84. The molecule has 1 atom stereocenters. The predicted octanol–water partition coefficient (Wildman–Crippen LogP) is 3.13. The quantitative estimate of drug-likeness (QED) is 0.802. The third-order valence-corrected chi connectivity index (χ3v) is 3.86. The van der Waals surface area contributed by atoms with Crippen molar-refractivity contribution < 1.29 is 4.39 Å². The van der Waals surface area contributed by atoms with Gasteiger partial charge in [0.15, 0.2) is 0 Å². The molecule has 2 aromatic carbocycles. The lowest BCUT2D eigenvalue weighted by Gasteiger charge is -2.25. The van der Waals surface area contributed by atoms with Crippen LogP contribution in [0, 0.1) is 5.82 Å². The predicted molar refractivity (Wildman–Crippen MR) is 82.4 cm³/mol. The lowest BCUT2D eigenvalue weighted by molar-refractivity contribution is 0.452. The van der Waals surface area contributed by atoms with Crippen LogP contribution in [0.4, 0.5) is 4.39 Å². The van der Waals surface area contributed by atoms with Crippen LogP contribution >= 0.6 is 0 Å². The van der Waals surface area contributed by atoms with E-state index in [1.54, 1.807) is 18.2 Å². The molecule has 0 aliphatic rings. The van der Waals surface area contributed by atoms with E-state index < -0.39 is 5.54 Å². The molecule has 3 aromatic rings. The van der Waals surface area contributed by atoms with Crippen LogP contribution in [0.2, 0.25) is 0 Å². The molecule has 1 unspecified atom stereocenters. The number of hydrogen-bond acceptors (Lipinski definition) is 2. The lowest BCUT2D eigenvalue weighted by Crippen LogP contribution is -2.36. The van der Waals surface area contributed by atoms with Crippen molar-refractivity contribution in [3.8, 4) is 0 Å². The fraction of sp³-hybridized carbons (Fsp3) is 0.235. The van der Waals surface area contributed by atoms with Gasteiger partial charge < -0.3 is 5.73 Å². The maximum absolute atomic E-state index is 14.0. The number of para-hydroxylation sites is 1. The summed E-state index contributed by atoms with van der Waals surface area (Å²) in [6.07, 6.45) is 0.481. The molecule has 0 amide bonds. The molecular weight excluding hydrogens is 265 g/mol. The van der Waals surface area contributed by atoms with E-state index in [1.807, 2.05) is 42.9 Å². The Morgan fingerprint density at radius 2 is 1.81 bits per heavy atom. The monoisotopic (exact) mass is 283 g/mol. The van der Waals surface area contributed by atoms with Crippen LogP contribution in [-0.4, -0.2) is 9.78 Å². The van der Waals surface area contributed by atoms with Crippen LogP contribution < -0.4 is 5.73 Å². The van der Waals surface area contributed by atoms with Crippen molar-refractivity contribution in [2.45, 2.75) is 18.9 Å². The Kier molecular flexibility index (Phi) is 3.26. The standard InChI is InChI=1S/C17H18FN3/c1-17(19,13-8-4-5-9-14(13)18)11-15-12-7-3-6-10-16(12)21(2)20-15/h3-10H,11,19H2,1-2H3. The Morgan fingerprint density at radius 1 is 1.14 bits per heavy atom. The second-order valence-electron chi connectivity index (χ2n) is 5.66. The van der Waals surface area contributed by atoms with Gasteiger partial charge in [-0.3, -0.25) is 4.68 Å². The van der Waals surface area contributed by atoms with Crippen molar-refractivity contribution in [2.75, 3.05) is 0 Å². The number of benzene rings is 2. The van der Waals surface area contributed by atoms with E-state index in [-0.39, 0.29) is 5.82 Å². The first kappa shape index (κ1) is 13.8. The molecule has 1 aromatic heterocycles. The number of aromatic nitrogens is 2. The van der Waals surface area contributed by atoms with Crippen LogP contribution in [-0.2, 0) is 19.0 Å². The van der Waals surface area contributed by atoms with Crippen molar-refractivity contribution in [2.24, 2.45) is 12.8 Å². The molecule has 0 saturated carbocycles. The van der Waals surface area contributed by atoms with E-state index >= 15 is 0 Å². The largest absolute Gasteiger partial charge is 0.321 e. The van der Waals surface area contributed by atoms with Crippen molar-refractivity contribution in [3.63, 3.8) is 0 Å². The van der Waals surface area contributed by atoms with Crippen LogP contribution in [0.25, 0.3) is 10.9 Å². The average Bonchev–Trinajstić information content (AvgIpc) is 2.76. The number of nitrogens with two attached hydrogens (primary N) is 1. The fourth-order valence-corrected chi connectivity index (χ4v) is 2.79. The van der Waals surface area contributed by atoms with Gasteiger partial charge in [-0.25, -0.2) is 4.39 Å². The first-order valence-corrected chi connectivity index (χ1v) is 6.93. The summed E-state index contributed by atoms with van der Waals surface area (Å²) in [5, 5.41) is 5.61. The molecule has 0 fully saturated rings. The molecule has 0 aliphatic carbocycles. The number of rotatable bonds is 3. The number of nitrogens with zero attached hydrogens (tertiary/aromatic N) is 2. The Morgan fingerprint density at radius 3 is 2.57 bits per heavy atom. The highest BCUT2D eigenvalue weighted by Gasteiger charge is 2.27. The van der Waals surface area contributed by atoms with Gasteiger partial charge in [-0.15, -0.1) is 0 Å². The van der Waals surface area contributed by atoms with Crippen LogP contribution in [0.15, 0.2) is 48.5 Å². The lowest BCUT2D eigenvalue weighted by atomic mass is 9.87. The Hall–Kier alpha value is -2.20. The fourth-order valence-electron chi connectivity index (χ4n) is 2.79. The maximum Gasteiger partial charge on any atom is 0.128 e. The summed E-state index contributed by atoms with van der Waals surface area (Å²) in [5.41, 5.74) is 8.04. The normalized spacial score (nSPS) is 14.3. The highest BCUT2D eigenvalue weighted by Crippen LogP contribution is 2.28. The molecule has 1 heterocycles. The van der Waals surface area contributed by atoms with E-state index in [0.717, 1.165) is 16.6 Å². The zero-order valence-electron chi connectivity index (χ0n) is 12.2.